The normalized spacial score (nSPS) is 16.9. The first-order chi connectivity index (χ1) is 13.9. The third-order valence-corrected chi connectivity index (χ3v) is 5.28. The molecular weight excluding hydrogens is 438 g/mol. The molecule has 0 saturated heterocycles. The van der Waals surface area contributed by atoms with E-state index in [2.05, 4.69) is 15.9 Å². The number of hydrogen-bond acceptors (Lipinski definition) is 5. The average molecular weight is 458 g/mol. The minimum Gasteiger partial charge on any atom is -0.493 e. The Morgan fingerprint density at radius 2 is 1.72 bits per heavy atom. The Bertz CT molecular complexity index is 1030. The SMILES string of the molecule is COc1cc(/C=C2\CCC/C(=C\c3cccc([N+](=O)[O-])c3)C2=O)cc(Br)c1OC. The second kappa shape index (κ2) is 9.05. The topological polar surface area (TPSA) is 78.7 Å². The summed E-state index contributed by atoms with van der Waals surface area (Å²) in [4.78, 5) is 23.5. The first-order valence-corrected chi connectivity index (χ1v) is 9.84. The van der Waals surface area contributed by atoms with Crippen molar-refractivity contribution < 1.29 is 19.2 Å². The third kappa shape index (κ3) is 4.74. The van der Waals surface area contributed by atoms with Crippen LogP contribution in [0.3, 0.4) is 0 Å². The number of rotatable bonds is 5. The van der Waals surface area contributed by atoms with E-state index >= 15 is 0 Å². The van der Waals surface area contributed by atoms with Crippen molar-refractivity contribution >= 4 is 39.6 Å². The minimum absolute atomic E-state index is 0.00792. The first-order valence-electron chi connectivity index (χ1n) is 9.04. The Balaban J connectivity index is 1.93. The third-order valence-electron chi connectivity index (χ3n) is 4.69. The molecule has 0 atom stereocenters. The summed E-state index contributed by atoms with van der Waals surface area (Å²) >= 11 is 3.47. The van der Waals surface area contributed by atoms with Crippen molar-refractivity contribution in [3.63, 3.8) is 0 Å². The van der Waals surface area contributed by atoms with Crippen LogP contribution in [0.2, 0.25) is 0 Å². The lowest BCUT2D eigenvalue weighted by Crippen LogP contribution is -2.12. The van der Waals surface area contributed by atoms with Gasteiger partial charge in [0.05, 0.1) is 23.6 Å². The number of non-ortho nitro benzene ring substituents is 1. The molecule has 0 heterocycles. The summed E-state index contributed by atoms with van der Waals surface area (Å²) in [6, 6.07) is 9.99. The lowest BCUT2D eigenvalue weighted by Gasteiger charge is -2.17. The number of allylic oxidation sites excluding steroid dienone is 2. The van der Waals surface area contributed by atoms with E-state index < -0.39 is 4.92 Å². The fraction of sp³-hybridized carbons (Fsp3) is 0.227. The van der Waals surface area contributed by atoms with Crippen LogP contribution in [0.4, 0.5) is 5.69 Å². The van der Waals surface area contributed by atoms with E-state index in [1.165, 1.54) is 12.1 Å². The van der Waals surface area contributed by atoms with E-state index in [0.717, 1.165) is 16.5 Å². The molecule has 0 spiro atoms. The van der Waals surface area contributed by atoms with Gasteiger partial charge in [-0.05, 0) is 70.6 Å². The second-order valence-corrected chi connectivity index (χ2v) is 7.47. The Labute approximate surface area is 177 Å². The maximum atomic E-state index is 13.0. The van der Waals surface area contributed by atoms with E-state index in [9.17, 15) is 14.9 Å². The highest BCUT2D eigenvalue weighted by Crippen LogP contribution is 2.37. The van der Waals surface area contributed by atoms with Crippen LogP contribution >= 0.6 is 15.9 Å². The summed E-state index contributed by atoms with van der Waals surface area (Å²) < 4.78 is 11.4. The molecule has 29 heavy (non-hydrogen) atoms. The van der Waals surface area contributed by atoms with Crippen molar-refractivity contribution in [3.05, 3.63) is 73.3 Å². The number of nitro benzene ring substituents is 1. The molecule has 0 aromatic heterocycles. The summed E-state index contributed by atoms with van der Waals surface area (Å²) in [5, 5.41) is 11.0. The van der Waals surface area contributed by atoms with Crippen LogP contribution in [0, 0.1) is 10.1 Å². The molecule has 1 aliphatic carbocycles. The summed E-state index contributed by atoms with van der Waals surface area (Å²) in [6.07, 6.45) is 5.76. The van der Waals surface area contributed by atoms with Gasteiger partial charge in [0.1, 0.15) is 0 Å². The quantitative estimate of drug-likeness (QED) is 0.331. The zero-order valence-electron chi connectivity index (χ0n) is 16.1. The number of carbonyl (C=O) groups is 1. The van der Waals surface area contributed by atoms with Gasteiger partial charge < -0.3 is 9.47 Å². The maximum absolute atomic E-state index is 13.0. The molecular formula is C22H20BrNO5. The number of nitro groups is 1. The summed E-state index contributed by atoms with van der Waals surface area (Å²) in [5.74, 6) is 1.13. The lowest BCUT2D eigenvalue weighted by molar-refractivity contribution is -0.384. The molecule has 150 valence electrons. The van der Waals surface area contributed by atoms with E-state index in [4.69, 9.17) is 9.47 Å². The Hall–Kier alpha value is -2.93. The number of nitrogens with zero attached hydrogens (tertiary/aromatic N) is 1. The molecule has 1 saturated carbocycles. The highest BCUT2D eigenvalue weighted by Gasteiger charge is 2.21. The van der Waals surface area contributed by atoms with Crippen LogP contribution in [0.25, 0.3) is 12.2 Å². The molecule has 1 fully saturated rings. The fourth-order valence-corrected chi connectivity index (χ4v) is 3.95. The molecule has 0 N–H and O–H groups in total. The second-order valence-electron chi connectivity index (χ2n) is 6.61. The van der Waals surface area contributed by atoms with E-state index in [1.54, 1.807) is 32.4 Å². The fourth-order valence-electron chi connectivity index (χ4n) is 3.33. The van der Waals surface area contributed by atoms with Gasteiger partial charge in [0, 0.05) is 23.3 Å². The molecule has 2 aromatic carbocycles. The molecule has 0 amide bonds. The molecule has 0 aliphatic heterocycles. The van der Waals surface area contributed by atoms with Crippen LogP contribution in [0.1, 0.15) is 30.4 Å². The number of ether oxygens (including phenoxy) is 2. The standard InChI is InChI=1S/C22H20BrNO5/c1-28-20-13-15(12-19(23)22(20)29-2)10-17-7-4-6-16(21(17)25)9-14-5-3-8-18(11-14)24(26)27/h3,5,8-13H,4,6-7H2,1-2H3/b16-9+,17-10+. The number of halogens is 1. The molecule has 0 radical (unpaired) electrons. The van der Waals surface area contributed by atoms with Crippen molar-refractivity contribution in [3.8, 4) is 11.5 Å². The number of carbonyl (C=O) groups excluding carboxylic acids is 1. The Morgan fingerprint density at radius 3 is 2.34 bits per heavy atom. The van der Waals surface area contributed by atoms with Crippen LogP contribution < -0.4 is 9.47 Å². The number of Topliss-reactive ketones (excluding diaryl/α,β-unsaturated/α-hetero) is 1. The van der Waals surface area contributed by atoms with Gasteiger partial charge in [0.25, 0.3) is 5.69 Å². The molecule has 7 heteroatoms. The molecule has 6 nitrogen and oxygen atoms in total. The van der Waals surface area contributed by atoms with Gasteiger partial charge >= 0.3 is 0 Å². The van der Waals surface area contributed by atoms with E-state index in [-0.39, 0.29) is 11.5 Å². The zero-order valence-corrected chi connectivity index (χ0v) is 17.7. The number of benzene rings is 2. The summed E-state index contributed by atoms with van der Waals surface area (Å²) in [7, 11) is 3.13. The molecule has 1 aliphatic rings. The maximum Gasteiger partial charge on any atom is 0.270 e. The Morgan fingerprint density at radius 1 is 1.03 bits per heavy atom. The van der Waals surface area contributed by atoms with Crippen LogP contribution in [-0.4, -0.2) is 24.9 Å². The molecule has 0 unspecified atom stereocenters. The predicted octanol–water partition coefficient (Wildman–Crippen LogP) is 5.59. The van der Waals surface area contributed by atoms with Gasteiger partial charge in [-0.1, -0.05) is 12.1 Å². The predicted molar refractivity (Wildman–Crippen MR) is 115 cm³/mol. The molecule has 0 bridgehead atoms. The molecule has 2 aromatic rings. The minimum atomic E-state index is -0.440. The number of ketones is 1. The van der Waals surface area contributed by atoms with Gasteiger partial charge in [0.15, 0.2) is 17.3 Å². The van der Waals surface area contributed by atoms with Gasteiger partial charge in [-0.15, -0.1) is 0 Å². The highest BCUT2D eigenvalue weighted by molar-refractivity contribution is 9.10. The largest absolute Gasteiger partial charge is 0.493 e. The average Bonchev–Trinajstić information content (AvgIpc) is 2.70. The van der Waals surface area contributed by atoms with Crippen molar-refractivity contribution in [1.82, 2.24) is 0 Å². The van der Waals surface area contributed by atoms with Crippen LogP contribution in [0.5, 0.6) is 11.5 Å². The monoisotopic (exact) mass is 457 g/mol. The highest BCUT2D eigenvalue weighted by atomic mass is 79.9. The van der Waals surface area contributed by atoms with Gasteiger partial charge in [-0.2, -0.15) is 0 Å². The Kier molecular flexibility index (Phi) is 6.49. The summed E-state index contributed by atoms with van der Waals surface area (Å²) in [6.45, 7) is 0. The van der Waals surface area contributed by atoms with E-state index in [1.807, 2.05) is 18.2 Å². The zero-order chi connectivity index (χ0) is 21.0. The van der Waals surface area contributed by atoms with Crippen molar-refractivity contribution in [2.75, 3.05) is 14.2 Å². The smallest absolute Gasteiger partial charge is 0.270 e. The van der Waals surface area contributed by atoms with Crippen molar-refractivity contribution in [2.45, 2.75) is 19.3 Å². The number of hydrogen-bond donors (Lipinski definition) is 0. The van der Waals surface area contributed by atoms with Crippen molar-refractivity contribution in [1.29, 1.82) is 0 Å². The van der Waals surface area contributed by atoms with Gasteiger partial charge in [-0.25, -0.2) is 0 Å². The van der Waals surface area contributed by atoms with Crippen LogP contribution in [0.15, 0.2) is 52.0 Å². The van der Waals surface area contributed by atoms with E-state index in [0.29, 0.717) is 41.1 Å². The van der Waals surface area contributed by atoms with Gasteiger partial charge in [0.2, 0.25) is 0 Å². The lowest BCUT2D eigenvalue weighted by atomic mass is 9.87. The van der Waals surface area contributed by atoms with Crippen molar-refractivity contribution in [2.24, 2.45) is 0 Å². The van der Waals surface area contributed by atoms with Crippen LogP contribution in [-0.2, 0) is 4.79 Å². The summed E-state index contributed by atoms with van der Waals surface area (Å²) in [5.41, 5.74) is 2.84. The first kappa shape index (κ1) is 20.8. The molecule has 3 rings (SSSR count). The number of methoxy groups -OCH3 is 2. The van der Waals surface area contributed by atoms with Gasteiger partial charge in [-0.3, -0.25) is 14.9 Å².